The van der Waals surface area contributed by atoms with Gasteiger partial charge in [0.05, 0.1) is 6.07 Å². The van der Waals surface area contributed by atoms with Crippen LogP contribution < -0.4 is 5.32 Å². The molecular weight excluding hydrogens is 178 g/mol. The molecule has 1 N–H and O–H groups in total. The van der Waals surface area contributed by atoms with Crippen molar-refractivity contribution in [2.45, 2.75) is 20.3 Å². The molecule has 4 nitrogen and oxygen atoms in total. The number of rotatable bonds is 1. The van der Waals surface area contributed by atoms with Crippen LogP contribution in [0.3, 0.4) is 0 Å². The highest BCUT2D eigenvalue weighted by atomic mass is 16.2. The lowest BCUT2D eigenvalue weighted by atomic mass is 9.92. The van der Waals surface area contributed by atoms with Crippen molar-refractivity contribution < 1.29 is 4.79 Å². The fourth-order valence-corrected chi connectivity index (χ4v) is 2.06. The van der Waals surface area contributed by atoms with Crippen molar-refractivity contribution in [3.05, 3.63) is 0 Å². The lowest BCUT2D eigenvalue weighted by Crippen LogP contribution is -2.47. The summed E-state index contributed by atoms with van der Waals surface area (Å²) in [6.45, 7) is 6.02. The molecule has 1 aliphatic heterocycles. The van der Waals surface area contributed by atoms with E-state index >= 15 is 0 Å². The molecule has 0 aromatic carbocycles. The molecule has 4 heteroatoms. The van der Waals surface area contributed by atoms with Crippen molar-refractivity contribution in [3.63, 3.8) is 0 Å². The van der Waals surface area contributed by atoms with Crippen LogP contribution in [0.1, 0.15) is 20.3 Å². The molecule has 14 heavy (non-hydrogen) atoms. The van der Waals surface area contributed by atoms with Gasteiger partial charge in [-0.1, -0.05) is 13.8 Å². The number of urea groups is 1. The molecule has 1 fully saturated rings. The first kappa shape index (κ1) is 10.8. The Labute approximate surface area is 84.9 Å². The summed E-state index contributed by atoms with van der Waals surface area (Å²) in [6, 6.07) is 1.79. The maximum Gasteiger partial charge on any atom is 0.318 e. The first-order valence-corrected chi connectivity index (χ1v) is 5.03. The van der Waals surface area contributed by atoms with E-state index in [0.29, 0.717) is 11.8 Å². The van der Waals surface area contributed by atoms with E-state index < -0.39 is 0 Å². The van der Waals surface area contributed by atoms with Crippen LogP contribution in [0.2, 0.25) is 0 Å². The third-order valence-electron chi connectivity index (χ3n) is 2.47. The Balaban J connectivity index is 2.43. The molecule has 0 spiro atoms. The standard InChI is InChI=1S/C10H17N3O/c1-8-5-9(2)7-13(6-8)10(14)12-4-3-11/h8-9H,4-7H2,1-2H3,(H,12,14). The van der Waals surface area contributed by atoms with E-state index in [1.807, 2.05) is 6.07 Å². The summed E-state index contributed by atoms with van der Waals surface area (Å²) in [5.74, 6) is 1.12. The number of piperidine rings is 1. The molecular formula is C10H17N3O. The second kappa shape index (κ2) is 4.85. The smallest absolute Gasteiger partial charge is 0.318 e. The maximum absolute atomic E-state index is 11.5. The summed E-state index contributed by atoms with van der Waals surface area (Å²) in [4.78, 5) is 13.3. The molecule has 78 valence electrons. The number of likely N-dealkylation sites (tertiary alicyclic amines) is 1. The second-order valence-electron chi connectivity index (χ2n) is 4.17. The van der Waals surface area contributed by atoms with Crippen LogP contribution in [-0.2, 0) is 0 Å². The molecule has 1 saturated heterocycles. The van der Waals surface area contributed by atoms with Crippen molar-refractivity contribution in [2.75, 3.05) is 19.6 Å². The van der Waals surface area contributed by atoms with Crippen molar-refractivity contribution in [2.24, 2.45) is 11.8 Å². The minimum Gasteiger partial charge on any atom is -0.325 e. The third-order valence-corrected chi connectivity index (χ3v) is 2.47. The number of hydrogen-bond donors (Lipinski definition) is 1. The van der Waals surface area contributed by atoms with Crippen LogP contribution in [0.15, 0.2) is 0 Å². The fraction of sp³-hybridized carbons (Fsp3) is 0.800. The molecule has 0 radical (unpaired) electrons. The number of carbonyl (C=O) groups is 1. The SMILES string of the molecule is CC1CC(C)CN(C(=O)NCC#N)C1. The average molecular weight is 195 g/mol. The number of nitrogens with one attached hydrogen (secondary N) is 1. The van der Waals surface area contributed by atoms with Crippen LogP contribution in [-0.4, -0.2) is 30.6 Å². The Kier molecular flexibility index (Phi) is 3.75. The first-order valence-electron chi connectivity index (χ1n) is 5.03. The summed E-state index contributed by atoms with van der Waals surface area (Å²) < 4.78 is 0. The highest BCUT2D eigenvalue weighted by molar-refractivity contribution is 5.74. The van der Waals surface area contributed by atoms with Crippen molar-refractivity contribution in [3.8, 4) is 6.07 Å². The van der Waals surface area contributed by atoms with Gasteiger partial charge in [0.2, 0.25) is 0 Å². The van der Waals surface area contributed by atoms with E-state index in [2.05, 4.69) is 19.2 Å². The summed E-state index contributed by atoms with van der Waals surface area (Å²) >= 11 is 0. The molecule has 2 amide bonds. The number of amides is 2. The Morgan fingerprint density at radius 2 is 2.07 bits per heavy atom. The van der Waals surface area contributed by atoms with Crippen LogP contribution in [0.5, 0.6) is 0 Å². The van der Waals surface area contributed by atoms with Crippen LogP contribution in [0.4, 0.5) is 4.79 Å². The van der Waals surface area contributed by atoms with Gasteiger partial charge in [-0.2, -0.15) is 5.26 Å². The second-order valence-corrected chi connectivity index (χ2v) is 4.17. The van der Waals surface area contributed by atoms with E-state index in [1.54, 1.807) is 4.90 Å². The summed E-state index contributed by atoms with van der Waals surface area (Å²) in [5, 5.41) is 10.9. The maximum atomic E-state index is 11.5. The summed E-state index contributed by atoms with van der Waals surface area (Å²) in [5.41, 5.74) is 0. The van der Waals surface area contributed by atoms with Gasteiger partial charge in [-0.3, -0.25) is 0 Å². The lowest BCUT2D eigenvalue weighted by Gasteiger charge is -2.34. The monoisotopic (exact) mass is 195 g/mol. The van der Waals surface area contributed by atoms with E-state index in [1.165, 1.54) is 6.42 Å². The average Bonchev–Trinajstić information content (AvgIpc) is 2.12. The molecule has 2 atom stereocenters. The predicted octanol–water partition coefficient (Wildman–Crippen LogP) is 1.20. The normalized spacial score (nSPS) is 26.8. The van der Waals surface area contributed by atoms with Gasteiger partial charge in [0.25, 0.3) is 0 Å². The van der Waals surface area contributed by atoms with Crippen LogP contribution in [0.25, 0.3) is 0 Å². The van der Waals surface area contributed by atoms with Gasteiger partial charge in [0, 0.05) is 13.1 Å². The molecule has 0 aromatic heterocycles. The minimum atomic E-state index is -0.107. The van der Waals surface area contributed by atoms with Gasteiger partial charge in [0.15, 0.2) is 0 Å². The quantitative estimate of drug-likeness (QED) is 0.639. The molecule has 1 aliphatic rings. The summed E-state index contributed by atoms with van der Waals surface area (Å²) in [7, 11) is 0. The highest BCUT2D eigenvalue weighted by Crippen LogP contribution is 2.20. The minimum absolute atomic E-state index is 0.0953. The Morgan fingerprint density at radius 1 is 1.50 bits per heavy atom. The number of carbonyl (C=O) groups excluding carboxylic acids is 1. The van der Waals surface area contributed by atoms with E-state index in [9.17, 15) is 4.79 Å². The van der Waals surface area contributed by atoms with Crippen molar-refractivity contribution >= 4 is 6.03 Å². The highest BCUT2D eigenvalue weighted by Gasteiger charge is 2.24. The summed E-state index contributed by atoms with van der Waals surface area (Å²) in [6.07, 6.45) is 1.18. The van der Waals surface area contributed by atoms with E-state index in [0.717, 1.165) is 13.1 Å². The molecule has 1 heterocycles. The van der Waals surface area contributed by atoms with Gasteiger partial charge < -0.3 is 10.2 Å². The number of nitrogens with zero attached hydrogens (tertiary/aromatic N) is 2. The molecule has 2 unspecified atom stereocenters. The zero-order chi connectivity index (χ0) is 10.6. The molecule has 0 saturated carbocycles. The van der Waals surface area contributed by atoms with Gasteiger partial charge >= 0.3 is 6.03 Å². The zero-order valence-corrected chi connectivity index (χ0v) is 8.79. The first-order chi connectivity index (χ1) is 6.63. The van der Waals surface area contributed by atoms with Gasteiger partial charge in [-0.25, -0.2) is 4.79 Å². The van der Waals surface area contributed by atoms with E-state index in [4.69, 9.17) is 5.26 Å². The lowest BCUT2D eigenvalue weighted by molar-refractivity contribution is 0.147. The molecule has 0 aliphatic carbocycles. The van der Waals surface area contributed by atoms with Crippen molar-refractivity contribution in [1.29, 1.82) is 5.26 Å². The Bertz CT molecular complexity index is 236. The van der Waals surface area contributed by atoms with E-state index in [-0.39, 0.29) is 12.6 Å². The van der Waals surface area contributed by atoms with Crippen molar-refractivity contribution in [1.82, 2.24) is 10.2 Å². The number of hydrogen-bond acceptors (Lipinski definition) is 2. The molecule has 0 bridgehead atoms. The molecule has 1 rings (SSSR count). The van der Waals surface area contributed by atoms with Gasteiger partial charge in [-0.15, -0.1) is 0 Å². The number of nitriles is 1. The topological polar surface area (TPSA) is 56.1 Å². The van der Waals surface area contributed by atoms with Gasteiger partial charge in [-0.05, 0) is 18.3 Å². The molecule has 0 aromatic rings. The fourth-order valence-electron chi connectivity index (χ4n) is 2.06. The van der Waals surface area contributed by atoms with Crippen LogP contribution >= 0.6 is 0 Å². The Hall–Kier alpha value is -1.24. The predicted molar refractivity (Wildman–Crippen MR) is 53.5 cm³/mol. The Morgan fingerprint density at radius 3 is 2.57 bits per heavy atom. The zero-order valence-electron chi connectivity index (χ0n) is 8.79. The van der Waals surface area contributed by atoms with Crippen LogP contribution in [0, 0.1) is 23.2 Å². The largest absolute Gasteiger partial charge is 0.325 e. The third kappa shape index (κ3) is 2.91. The van der Waals surface area contributed by atoms with Gasteiger partial charge in [0.1, 0.15) is 6.54 Å².